The van der Waals surface area contributed by atoms with E-state index in [2.05, 4.69) is 22.8 Å². The van der Waals surface area contributed by atoms with Crippen LogP contribution in [0.4, 0.5) is 0 Å². The van der Waals surface area contributed by atoms with Crippen LogP contribution in [0.2, 0.25) is 0 Å². The third-order valence-electron chi connectivity index (χ3n) is 4.27. The molecule has 0 fully saturated rings. The van der Waals surface area contributed by atoms with Gasteiger partial charge in [-0.05, 0) is 48.8 Å². The van der Waals surface area contributed by atoms with Gasteiger partial charge < -0.3 is 10.6 Å². The summed E-state index contributed by atoms with van der Waals surface area (Å²) in [7, 11) is 0. The topological polar surface area (TPSA) is 58.2 Å². The summed E-state index contributed by atoms with van der Waals surface area (Å²) in [5.41, 5.74) is 2.54. The van der Waals surface area contributed by atoms with Crippen LogP contribution in [0, 0.1) is 0 Å². The van der Waals surface area contributed by atoms with E-state index < -0.39 is 6.04 Å². The minimum atomic E-state index is -0.441. The van der Waals surface area contributed by atoms with Crippen molar-refractivity contribution in [3.63, 3.8) is 0 Å². The van der Waals surface area contributed by atoms with Crippen LogP contribution in [0.5, 0.6) is 0 Å². The fourth-order valence-electron chi connectivity index (χ4n) is 2.98. The molecule has 2 amide bonds. The quantitative estimate of drug-likeness (QED) is 0.806. The Morgan fingerprint density at radius 1 is 1.35 bits per heavy atom. The van der Waals surface area contributed by atoms with Crippen LogP contribution < -0.4 is 10.6 Å². The third kappa shape index (κ3) is 4.99. The summed E-state index contributed by atoms with van der Waals surface area (Å²) in [4.78, 5) is 24.3. The fraction of sp³-hybridized carbons (Fsp3) is 0.556. The Hall–Kier alpha value is -1.49. The van der Waals surface area contributed by atoms with Crippen molar-refractivity contribution in [1.29, 1.82) is 0 Å². The lowest BCUT2D eigenvalue weighted by atomic mass is 9.87. The highest BCUT2D eigenvalue weighted by Gasteiger charge is 2.26. The van der Waals surface area contributed by atoms with Crippen LogP contribution in [0.1, 0.15) is 49.8 Å². The number of nitrogens with one attached hydrogen (secondary N) is 2. The molecule has 0 unspecified atom stereocenters. The first-order chi connectivity index (χ1) is 11.2. The molecule has 126 valence electrons. The van der Waals surface area contributed by atoms with Gasteiger partial charge in [0.05, 0.1) is 6.04 Å². The zero-order valence-electron chi connectivity index (χ0n) is 13.9. The first-order valence-electron chi connectivity index (χ1n) is 8.32. The third-order valence-corrected chi connectivity index (χ3v) is 4.91. The monoisotopic (exact) mass is 334 g/mol. The Balaban J connectivity index is 2.04. The van der Waals surface area contributed by atoms with Crippen LogP contribution in [0.15, 0.2) is 24.3 Å². The number of benzene rings is 1. The molecule has 0 spiro atoms. The van der Waals surface area contributed by atoms with Crippen molar-refractivity contribution in [2.45, 2.75) is 51.1 Å². The van der Waals surface area contributed by atoms with Gasteiger partial charge in [0.15, 0.2) is 0 Å². The van der Waals surface area contributed by atoms with Gasteiger partial charge in [0, 0.05) is 6.42 Å². The molecule has 0 bridgehead atoms. The Kier molecular flexibility index (Phi) is 6.96. The van der Waals surface area contributed by atoms with Gasteiger partial charge in [-0.25, -0.2) is 0 Å². The lowest BCUT2D eigenvalue weighted by Crippen LogP contribution is -2.48. The SMILES string of the molecule is CCC(=O)N[C@@H](CCSC)C(=O)N[C@H]1CCCc2ccccc21. The molecule has 4 nitrogen and oxygen atoms in total. The lowest BCUT2D eigenvalue weighted by molar-refractivity contribution is -0.129. The predicted molar refractivity (Wildman–Crippen MR) is 95.5 cm³/mol. The number of fused-ring (bicyclic) bond motifs is 1. The molecule has 1 aliphatic carbocycles. The number of hydrogen-bond donors (Lipinski definition) is 2. The predicted octanol–water partition coefficient (Wildman–Crippen LogP) is 2.83. The van der Waals surface area contributed by atoms with Crippen molar-refractivity contribution in [3.05, 3.63) is 35.4 Å². The molecule has 2 atom stereocenters. The minimum absolute atomic E-state index is 0.0581. The van der Waals surface area contributed by atoms with Crippen molar-refractivity contribution in [2.75, 3.05) is 12.0 Å². The molecule has 2 rings (SSSR count). The fourth-order valence-corrected chi connectivity index (χ4v) is 3.45. The largest absolute Gasteiger partial charge is 0.348 e. The summed E-state index contributed by atoms with van der Waals surface area (Å²) in [5.74, 6) is 0.710. The van der Waals surface area contributed by atoms with E-state index >= 15 is 0 Å². The summed E-state index contributed by atoms with van der Waals surface area (Å²) in [6, 6.07) is 7.92. The molecule has 1 aromatic carbocycles. The van der Waals surface area contributed by atoms with Crippen LogP contribution in [-0.4, -0.2) is 29.9 Å². The number of carbonyl (C=O) groups excluding carboxylic acids is 2. The van der Waals surface area contributed by atoms with E-state index in [1.807, 2.05) is 18.4 Å². The van der Waals surface area contributed by atoms with Gasteiger partial charge >= 0.3 is 0 Å². The summed E-state index contributed by atoms with van der Waals surface area (Å²) in [6.45, 7) is 1.80. The van der Waals surface area contributed by atoms with Crippen molar-refractivity contribution in [1.82, 2.24) is 10.6 Å². The van der Waals surface area contributed by atoms with Gasteiger partial charge in [0.2, 0.25) is 11.8 Å². The second-order valence-electron chi connectivity index (χ2n) is 5.91. The maximum absolute atomic E-state index is 12.6. The van der Waals surface area contributed by atoms with E-state index in [0.29, 0.717) is 12.8 Å². The van der Waals surface area contributed by atoms with E-state index in [1.54, 1.807) is 18.7 Å². The molecule has 1 aliphatic rings. The molecule has 5 heteroatoms. The molecule has 0 heterocycles. The van der Waals surface area contributed by atoms with Gasteiger partial charge in [-0.3, -0.25) is 9.59 Å². The van der Waals surface area contributed by atoms with Crippen molar-refractivity contribution < 1.29 is 9.59 Å². The molecule has 23 heavy (non-hydrogen) atoms. The normalized spacial score (nSPS) is 17.9. The molecule has 0 saturated heterocycles. The van der Waals surface area contributed by atoms with Crippen molar-refractivity contribution in [3.8, 4) is 0 Å². The van der Waals surface area contributed by atoms with Crippen LogP contribution >= 0.6 is 11.8 Å². The van der Waals surface area contributed by atoms with Gasteiger partial charge in [-0.2, -0.15) is 11.8 Å². The van der Waals surface area contributed by atoms with E-state index in [-0.39, 0.29) is 17.9 Å². The molecular weight excluding hydrogens is 308 g/mol. The van der Waals surface area contributed by atoms with Gasteiger partial charge in [-0.15, -0.1) is 0 Å². The van der Waals surface area contributed by atoms with E-state index in [4.69, 9.17) is 0 Å². The number of hydrogen-bond acceptors (Lipinski definition) is 3. The van der Waals surface area contributed by atoms with Gasteiger partial charge in [-0.1, -0.05) is 31.2 Å². The van der Waals surface area contributed by atoms with Gasteiger partial charge in [0.25, 0.3) is 0 Å². The molecule has 0 radical (unpaired) electrons. The summed E-state index contributed by atoms with van der Waals surface area (Å²) >= 11 is 1.69. The Bertz CT molecular complexity index is 548. The second kappa shape index (κ2) is 8.96. The first-order valence-corrected chi connectivity index (χ1v) is 9.71. The molecule has 0 saturated carbocycles. The molecule has 1 aromatic rings. The lowest BCUT2D eigenvalue weighted by Gasteiger charge is -2.28. The highest BCUT2D eigenvalue weighted by molar-refractivity contribution is 7.98. The Morgan fingerprint density at radius 2 is 2.13 bits per heavy atom. The zero-order chi connectivity index (χ0) is 16.7. The zero-order valence-corrected chi connectivity index (χ0v) is 14.7. The van der Waals surface area contributed by atoms with Gasteiger partial charge in [0.1, 0.15) is 6.04 Å². The maximum atomic E-state index is 12.6. The molecule has 0 aromatic heterocycles. The van der Waals surface area contributed by atoms with Crippen molar-refractivity contribution in [2.24, 2.45) is 0 Å². The van der Waals surface area contributed by atoms with Crippen LogP contribution in [-0.2, 0) is 16.0 Å². The highest BCUT2D eigenvalue weighted by atomic mass is 32.2. The average molecular weight is 334 g/mol. The first kappa shape index (κ1) is 17.9. The average Bonchev–Trinajstić information content (AvgIpc) is 2.58. The number of carbonyl (C=O) groups is 2. The summed E-state index contributed by atoms with van der Waals surface area (Å²) < 4.78 is 0. The number of amides is 2. The Morgan fingerprint density at radius 3 is 2.87 bits per heavy atom. The molecular formula is C18H26N2O2S. The number of aryl methyl sites for hydroxylation is 1. The van der Waals surface area contributed by atoms with E-state index in [0.717, 1.165) is 25.0 Å². The minimum Gasteiger partial charge on any atom is -0.348 e. The van der Waals surface area contributed by atoms with E-state index in [1.165, 1.54) is 11.1 Å². The van der Waals surface area contributed by atoms with Crippen LogP contribution in [0.3, 0.4) is 0 Å². The van der Waals surface area contributed by atoms with Crippen LogP contribution in [0.25, 0.3) is 0 Å². The van der Waals surface area contributed by atoms with Crippen molar-refractivity contribution >= 4 is 23.6 Å². The molecule has 0 aliphatic heterocycles. The highest BCUT2D eigenvalue weighted by Crippen LogP contribution is 2.29. The summed E-state index contributed by atoms with van der Waals surface area (Å²) in [5, 5.41) is 6.00. The molecule has 2 N–H and O–H groups in total. The smallest absolute Gasteiger partial charge is 0.243 e. The standard InChI is InChI=1S/C18H26N2O2S/c1-3-17(21)19-16(11-12-23-2)18(22)20-15-10-6-8-13-7-4-5-9-14(13)15/h4-5,7,9,15-16H,3,6,8,10-12H2,1-2H3,(H,19,21)(H,20,22)/t15-,16-/m0/s1. The summed E-state index contributed by atoms with van der Waals surface area (Å²) in [6.07, 6.45) is 6.18. The number of thioether (sulfide) groups is 1. The number of rotatable bonds is 7. The maximum Gasteiger partial charge on any atom is 0.243 e. The Labute approximate surface area is 142 Å². The second-order valence-corrected chi connectivity index (χ2v) is 6.89. The van der Waals surface area contributed by atoms with E-state index in [9.17, 15) is 9.59 Å².